The van der Waals surface area contributed by atoms with E-state index in [9.17, 15) is 19.7 Å². The highest BCUT2D eigenvalue weighted by atomic mass is 16.6. The Morgan fingerprint density at radius 1 is 0.941 bits per heavy atom. The zero-order valence-electron chi connectivity index (χ0n) is 17.6. The summed E-state index contributed by atoms with van der Waals surface area (Å²) in [6, 6.07) is 19.8. The Hall–Kier alpha value is -4.86. The molecule has 0 aliphatic heterocycles. The lowest BCUT2D eigenvalue weighted by molar-refractivity contribution is -0.384. The quantitative estimate of drug-likeness (QED) is 0.163. The standard InChI is InChI=1S/C24H16N4O6/c29-22(33-14-21-25-26-24(34-21)15-9-11-16(12-10-15)28(31)32)13-27-19-7-3-1-5-17(19)23(30)18-6-2-4-8-20(18)27/h1-12H,13-14H2. The van der Waals surface area contributed by atoms with Gasteiger partial charge in [0, 0.05) is 28.5 Å². The fourth-order valence-corrected chi connectivity index (χ4v) is 3.72. The Morgan fingerprint density at radius 2 is 1.56 bits per heavy atom. The van der Waals surface area contributed by atoms with Crippen molar-refractivity contribution in [3.63, 3.8) is 0 Å². The molecule has 168 valence electrons. The van der Waals surface area contributed by atoms with Gasteiger partial charge in [0.05, 0.1) is 16.0 Å². The summed E-state index contributed by atoms with van der Waals surface area (Å²) in [6.07, 6.45) is 0. The van der Waals surface area contributed by atoms with Crippen molar-refractivity contribution >= 4 is 33.5 Å². The maximum atomic E-state index is 12.8. The largest absolute Gasteiger partial charge is 0.454 e. The average molecular weight is 456 g/mol. The second-order valence-corrected chi connectivity index (χ2v) is 7.42. The number of benzene rings is 3. The minimum atomic E-state index is -0.547. The van der Waals surface area contributed by atoms with Gasteiger partial charge in [-0.15, -0.1) is 10.2 Å². The van der Waals surface area contributed by atoms with E-state index in [1.165, 1.54) is 24.3 Å². The SMILES string of the molecule is O=C(Cn1c2ccccc2c(=O)c2ccccc21)OCc1nnc(-c2ccc([N+](=O)[O-])cc2)o1. The molecule has 0 aliphatic carbocycles. The lowest BCUT2D eigenvalue weighted by Gasteiger charge is -2.14. The van der Waals surface area contributed by atoms with Gasteiger partial charge >= 0.3 is 5.97 Å². The highest BCUT2D eigenvalue weighted by Gasteiger charge is 2.16. The van der Waals surface area contributed by atoms with Crippen LogP contribution in [0.15, 0.2) is 82.0 Å². The molecular weight excluding hydrogens is 440 g/mol. The maximum absolute atomic E-state index is 12.8. The molecule has 0 amide bonds. The molecule has 3 aromatic carbocycles. The Morgan fingerprint density at radius 3 is 2.18 bits per heavy atom. The van der Waals surface area contributed by atoms with Gasteiger partial charge in [-0.3, -0.25) is 19.7 Å². The highest BCUT2D eigenvalue weighted by Crippen LogP contribution is 2.22. The molecule has 5 aromatic rings. The molecule has 0 atom stereocenters. The van der Waals surface area contributed by atoms with E-state index in [2.05, 4.69) is 10.2 Å². The minimum Gasteiger partial charge on any atom is -0.454 e. The Bertz CT molecular complexity index is 1540. The van der Waals surface area contributed by atoms with Crippen molar-refractivity contribution in [2.45, 2.75) is 13.2 Å². The number of nitrogens with zero attached hydrogens (tertiary/aromatic N) is 4. The van der Waals surface area contributed by atoms with Crippen LogP contribution in [0.25, 0.3) is 33.3 Å². The van der Waals surface area contributed by atoms with Crippen molar-refractivity contribution in [3.8, 4) is 11.5 Å². The summed E-state index contributed by atoms with van der Waals surface area (Å²) in [5.74, 6) is -0.316. The van der Waals surface area contributed by atoms with Crippen LogP contribution in [0.1, 0.15) is 5.89 Å². The molecular formula is C24H16N4O6. The Kier molecular flexibility index (Phi) is 5.30. The van der Waals surface area contributed by atoms with Crippen LogP contribution in [0.2, 0.25) is 0 Å². The van der Waals surface area contributed by atoms with Gasteiger partial charge in [0.25, 0.3) is 11.6 Å². The molecule has 10 nitrogen and oxygen atoms in total. The molecule has 0 bridgehead atoms. The van der Waals surface area contributed by atoms with Crippen LogP contribution in [0.5, 0.6) is 0 Å². The van der Waals surface area contributed by atoms with Crippen LogP contribution in [-0.4, -0.2) is 25.7 Å². The number of nitro benzene ring substituents is 1. The van der Waals surface area contributed by atoms with Crippen molar-refractivity contribution in [2.75, 3.05) is 0 Å². The molecule has 0 unspecified atom stereocenters. The van der Waals surface area contributed by atoms with Crippen molar-refractivity contribution < 1.29 is 18.9 Å². The number of non-ortho nitro benzene ring substituents is 1. The topological polar surface area (TPSA) is 130 Å². The first-order valence-electron chi connectivity index (χ1n) is 10.2. The van der Waals surface area contributed by atoms with E-state index in [1.807, 2.05) is 0 Å². The van der Waals surface area contributed by atoms with Gasteiger partial charge in [0.15, 0.2) is 12.0 Å². The first-order chi connectivity index (χ1) is 16.5. The van der Waals surface area contributed by atoms with E-state index < -0.39 is 10.9 Å². The van der Waals surface area contributed by atoms with Gasteiger partial charge in [-0.25, -0.2) is 0 Å². The van der Waals surface area contributed by atoms with Gasteiger partial charge in [0.2, 0.25) is 5.89 Å². The fraction of sp³-hybridized carbons (Fsp3) is 0.0833. The molecule has 0 saturated carbocycles. The normalized spacial score (nSPS) is 11.1. The molecule has 5 rings (SSSR count). The summed E-state index contributed by atoms with van der Waals surface area (Å²) in [4.78, 5) is 35.8. The van der Waals surface area contributed by atoms with E-state index in [1.54, 1.807) is 53.1 Å². The summed E-state index contributed by atoms with van der Waals surface area (Å²) >= 11 is 0. The predicted molar refractivity (Wildman–Crippen MR) is 122 cm³/mol. The lowest BCUT2D eigenvalue weighted by Crippen LogP contribution is -2.18. The molecule has 0 saturated heterocycles. The number of para-hydroxylation sites is 2. The molecule has 10 heteroatoms. The van der Waals surface area contributed by atoms with E-state index in [0.717, 1.165) is 0 Å². The molecule has 0 N–H and O–H groups in total. The zero-order valence-corrected chi connectivity index (χ0v) is 17.6. The van der Waals surface area contributed by atoms with Gasteiger partial charge in [-0.05, 0) is 36.4 Å². The molecule has 2 aromatic heterocycles. The number of hydrogen-bond acceptors (Lipinski definition) is 8. The zero-order chi connectivity index (χ0) is 23.7. The third-order valence-corrected chi connectivity index (χ3v) is 5.31. The molecule has 34 heavy (non-hydrogen) atoms. The van der Waals surface area contributed by atoms with Crippen LogP contribution in [-0.2, 0) is 22.7 Å². The Balaban J connectivity index is 1.34. The number of hydrogen-bond donors (Lipinski definition) is 0. The maximum Gasteiger partial charge on any atom is 0.326 e. The van der Waals surface area contributed by atoms with E-state index in [-0.39, 0.29) is 36.0 Å². The smallest absolute Gasteiger partial charge is 0.326 e. The minimum absolute atomic E-state index is 0.0556. The van der Waals surface area contributed by atoms with Gasteiger partial charge in [0.1, 0.15) is 6.54 Å². The molecule has 0 fully saturated rings. The number of nitro groups is 1. The van der Waals surface area contributed by atoms with Gasteiger partial charge in [-0.2, -0.15) is 0 Å². The number of rotatable bonds is 6. The predicted octanol–water partition coefficient (Wildman–Crippen LogP) is 3.86. The van der Waals surface area contributed by atoms with E-state index in [4.69, 9.17) is 9.15 Å². The van der Waals surface area contributed by atoms with Crippen molar-refractivity contribution in [1.82, 2.24) is 14.8 Å². The summed E-state index contributed by atoms with van der Waals surface area (Å²) < 4.78 is 12.6. The summed E-state index contributed by atoms with van der Waals surface area (Å²) in [5.41, 5.74) is 1.60. The average Bonchev–Trinajstić information content (AvgIpc) is 3.34. The number of aromatic nitrogens is 3. The van der Waals surface area contributed by atoms with Crippen LogP contribution in [0.4, 0.5) is 5.69 Å². The number of esters is 1. The summed E-state index contributed by atoms with van der Waals surface area (Å²) in [7, 11) is 0. The number of carbonyl (C=O) groups is 1. The molecule has 0 aliphatic rings. The lowest BCUT2D eigenvalue weighted by atomic mass is 10.1. The third-order valence-electron chi connectivity index (χ3n) is 5.31. The van der Waals surface area contributed by atoms with Crippen molar-refractivity contribution in [1.29, 1.82) is 0 Å². The highest BCUT2D eigenvalue weighted by molar-refractivity contribution is 5.94. The number of fused-ring (bicyclic) bond motifs is 2. The first-order valence-corrected chi connectivity index (χ1v) is 10.2. The fourth-order valence-electron chi connectivity index (χ4n) is 3.72. The van der Waals surface area contributed by atoms with Crippen LogP contribution in [0.3, 0.4) is 0 Å². The summed E-state index contributed by atoms with van der Waals surface area (Å²) in [6.45, 7) is -0.362. The number of ether oxygens (including phenoxy) is 1. The molecule has 2 heterocycles. The van der Waals surface area contributed by atoms with E-state index in [0.29, 0.717) is 27.4 Å². The van der Waals surface area contributed by atoms with Gasteiger partial charge < -0.3 is 13.7 Å². The number of carbonyl (C=O) groups excluding carboxylic acids is 1. The monoisotopic (exact) mass is 456 g/mol. The van der Waals surface area contributed by atoms with Crippen molar-refractivity contribution in [3.05, 3.63) is 99.0 Å². The van der Waals surface area contributed by atoms with E-state index >= 15 is 0 Å². The molecule has 0 spiro atoms. The second kappa shape index (κ2) is 8.58. The number of pyridine rings is 1. The Labute approximate surface area is 191 Å². The molecule has 0 radical (unpaired) electrons. The van der Waals surface area contributed by atoms with Gasteiger partial charge in [-0.1, -0.05) is 24.3 Å². The third kappa shape index (κ3) is 3.88. The summed E-state index contributed by atoms with van der Waals surface area (Å²) in [5, 5.41) is 19.6. The van der Waals surface area contributed by atoms with Crippen LogP contribution in [0, 0.1) is 10.1 Å². The first kappa shape index (κ1) is 21.0. The second-order valence-electron chi connectivity index (χ2n) is 7.42. The van der Waals surface area contributed by atoms with Crippen LogP contribution >= 0.6 is 0 Å². The van der Waals surface area contributed by atoms with Crippen molar-refractivity contribution in [2.24, 2.45) is 0 Å². The van der Waals surface area contributed by atoms with Crippen LogP contribution < -0.4 is 5.43 Å².